The molecule has 0 radical (unpaired) electrons. The standard InChI is InChI=1S/C24H26Cl2N6O5S/c25-19-6-3-15(10-20(19)26)14-38(36,37)31-21(24(34)35)12-28-23(33)17-11-29-32(13-17)9-7-18-5-4-16-2-1-8-27-22(16)30-18/h3-6,10-11,13,21,31H,1-2,7-9,12,14H2,(H,27,30)(H,28,33)(H,34,35). The topological polar surface area (TPSA) is 155 Å². The predicted octanol–water partition coefficient (Wildman–Crippen LogP) is 2.49. The van der Waals surface area contributed by atoms with Crippen LogP contribution in [0.5, 0.6) is 0 Å². The molecule has 2 aromatic heterocycles. The molecule has 1 aromatic carbocycles. The van der Waals surface area contributed by atoms with Gasteiger partial charge in [0.15, 0.2) is 0 Å². The molecule has 3 heterocycles. The second-order valence-electron chi connectivity index (χ2n) is 8.81. The first kappa shape index (κ1) is 27.8. The lowest BCUT2D eigenvalue weighted by molar-refractivity contribution is -0.138. The molecule has 11 nitrogen and oxygen atoms in total. The molecular weight excluding hydrogens is 555 g/mol. The highest BCUT2D eigenvalue weighted by molar-refractivity contribution is 7.88. The molecule has 0 saturated carbocycles. The third-order valence-corrected chi connectivity index (χ3v) is 7.97. The minimum atomic E-state index is -4.07. The Labute approximate surface area is 229 Å². The molecule has 4 rings (SSSR count). The summed E-state index contributed by atoms with van der Waals surface area (Å²) in [5, 5.41) is 19.9. The quantitative estimate of drug-likeness (QED) is 0.269. The maximum Gasteiger partial charge on any atom is 0.323 e. The van der Waals surface area contributed by atoms with Gasteiger partial charge in [0.25, 0.3) is 5.91 Å². The highest BCUT2D eigenvalue weighted by Gasteiger charge is 2.25. The minimum Gasteiger partial charge on any atom is -0.480 e. The summed E-state index contributed by atoms with van der Waals surface area (Å²) in [6, 6.07) is 6.79. The van der Waals surface area contributed by atoms with Crippen molar-refractivity contribution in [2.75, 3.05) is 18.4 Å². The van der Waals surface area contributed by atoms with Gasteiger partial charge in [0, 0.05) is 37.9 Å². The van der Waals surface area contributed by atoms with Gasteiger partial charge in [0.05, 0.1) is 27.6 Å². The largest absolute Gasteiger partial charge is 0.480 e. The van der Waals surface area contributed by atoms with Gasteiger partial charge in [-0.3, -0.25) is 14.3 Å². The number of halogens is 2. The molecule has 0 fully saturated rings. The predicted molar refractivity (Wildman–Crippen MR) is 143 cm³/mol. The molecule has 0 saturated heterocycles. The van der Waals surface area contributed by atoms with E-state index in [9.17, 15) is 23.1 Å². The number of anilines is 1. The van der Waals surface area contributed by atoms with E-state index in [2.05, 4.69) is 31.5 Å². The van der Waals surface area contributed by atoms with E-state index < -0.39 is 40.2 Å². The van der Waals surface area contributed by atoms with E-state index in [0.29, 0.717) is 18.5 Å². The fraction of sp³-hybridized carbons (Fsp3) is 0.333. The highest BCUT2D eigenvalue weighted by Crippen LogP contribution is 2.23. The molecule has 14 heteroatoms. The number of benzene rings is 1. The van der Waals surface area contributed by atoms with Crippen molar-refractivity contribution in [3.8, 4) is 0 Å². The van der Waals surface area contributed by atoms with E-state index in [1.54, 1.807) is 4.68 Å². The fourth-order valence-electron chi connectivity index (χ4n) is 3.92. The van der Waals surface area contributed by atoms with Gasteiger partial charge in [-0.15, -0.1) is 0 Å². The summed E-state index contributed by atoms with van der Waals surface area (Å²) in [5.74, 6) is -1.62. The SMILES string of the molecule is O=C(NCC(NS(=O)(=O)Cc1ccc(Cl)c(Cl)c1)C(=O)O)c1cnn(CCc2ccc3c(n2)NCCC3)c1. The summed E-state index contributed by atoms with van der Waals surface area (Å²) in [6.45, 7) is 0.930. The van der Waals surface area contributed by atoms with Gasteiger partial charge in [-0.25, -0.2) is 13.4 Å². The van der Waals surface area contributed by atoms with E-state index in [1.807, 2.05) is 6.07 Å². The average molecular weight is 581 g/mol. The number of pyridine rings is 1. The number of nitrogens with zero attached hydrogens (tertiary/aromatic N) is 3. The number of carbonyl (C=O) groups is 2. The zero-order valence-corrected chi connectivity index (χ0v) is 22.5. The molecule has 4 N–H and O–H groups in total. The number of aryl methyl sites for hydroxylation is 3. The van der Waals surface area contributed by atoms with Crippen LogP contribution in [-0.2, 0) is 40.0 Å². The van der Waals surface area contributed by atoms with Crippen molar-refractivity contribution in [2.24, 2.45) is 0 Å². The molecule has 0 spiro atoms. The van der Waals surface area contributed by atoms with Gasteiger partial charge in [-0.1, -0.05) is 35.3 Å². The van der Waals surface area contributed by atoms with E-state index >= 15 is 0 Å². The van der Waals surface area contributed by atoms with Gasteiger partial charge < -0.3 is 15.7 Å². The van der Waals surface area contributed by atoms with Crippen LogP contribution >= 0.6 is 23.2 Å². The first-order valence-electron chi connectivity index (χ1n) is 11.8. The van der Waals surface area contributed by atoms with Crippen LogP contribution in [0.3, 0.4) is 0 Å². The van der Waals surface area contributed by atoms with E-state index in [-0.39, 0.29) is 15.6 Å². The molecule has 38 heavy (non-hydrogen) atoms. The van der Waals surface area contributed by atoms with Crippen LogP contribution in [0, 0.1) is 0 Å². The van der Waals surface area contributed by atoms with E-state index in [1.165, 1.54) is 36.2 Å². The average Bonchev–Trinajstić information content (AvgIpc) is 3.36. The van der Waals surface area contributed by atoms with Crippen molar-refractivity contribution in [3.63, 3.8) is 0 Å². The van der Waals surface area contributed by atoms with Crippen molar-refractivity contribution < 1.29 is 23.1 Å². The molecule has 0 aliphatic carbocycles. The van der Waals surface area contributed by atoms with Gasteiger partial charge in [0.1, 0.15) is 11.9 Å². The first-order chi connectivity index (χ1) is 18.1. The Hall–Kier alpha value is -3.19. The van der Waals surface area contributed by atoms with Gasteiger partial charge >= 0.3 is 5.97 Å². The second-order valence-corrected chi connectivity index (χ2v) is 11.4. The smallest absolute Gasteiger partial charge is 0.323 e. The summed E-state index contributed by atoms with van der Waals surface area (Å²) in [4.78, 5) is 28.9. The van der Waals surface area contributed by atoms with Crippen LogP contribution in [0.1, 0.15) is 33.6 Å². The lowest BCUT2D eigenvalue weighted by atomic mass is 10.1. The lowest BCUT2D eigenvalue weighted by Crippen LogP contribution is -2.48. The van der Waals surface area contributed by atoms with Crippen molar-refractivity contribution >= 4 is 50.9 Å². The number of sulfonamides is 1. The molecule has 3 aromatic rings. The van der Waals surface area contributed by atoms with Crippen molar-refractivity contribution in [1.82, 2.24) is 24.8 Å². The van der Waals surface area contributed by atoms with Crippen LogP contribution in [0.4, 0.5) is 5.82 Å². The molecule has 1 atom stereocenters. The van der Waals surface area contributed by atoms with Crippen molar-refractivity contribution in [3.05, 3.63) is 75.2 Å². The summed E-state index contributed by atoms with van der Waals surface area (Å²) in [6.07, 6.45) is 5.61. The minimum absolute atomic E-state index is 0.179. The number of carboxylic acid groups (broad SMARTS) is 1. The first-order valence-corrected chi connectivity index (χ1v) is 14.2. The van der Waals surface area contributed by atoms with Gasteiger partial charge in [-0.05, 0) is 42.2 Å². The van der Waals surface area contributed by atoms with Crippen LogP contribution in [-0.4, -0.2) is 59.3 Å². The maximum atomic E-state index is 12.6. The normalized spacial score (nSPS) is 13.8. The summed E-state index contributed by atoms with van der Waals surface area (Å²) in [7, 11) is -4.07. The van der Waals surface area contributed by atoms with Crippen LogP contribution in [0.15, 0.2) is 42.7 Å². The van der Waals surface area contributed by atoms with Gasteiger partial charge in [-0.2, -0.15) is 9.82 Å². The number of carboxylic acids is 1. The fourth-order valence-corrected chi connectivity index (χ4v) is 5.56. The van der Waals surface area contributed by atoms with Gasteiger partial charge in [0.2, 0.25) is 10.0 Å². The molecule has 202 valence electrons. The summed E-state index contributed by atoms with van der Waals surface area (Å²) >= 11 is 11.8. The summed E-state index contributed by atoms with van der Waals surface area (Å²) in [5.41, 5.74) is 2.65. The van der Waals surface area contributed by atoms with E-state index in [0.717, 1.165) is 30.9 Å². The van der Waals surface area contributed by atoms with E-state index in [4.69, 9.17) is 23.2 Å². The Bertz CT molecular complexity index is 1450. The lowest BCUT2D eigenvalue weighted by Gasteiger charge is -2.17. The summed E-state index contributed by atoms with van der Waals surface area (Å²) < 4.78 is 28.7. The Kier molecular flexibility index (Phi) is 8.87. The second kappa shape index (κ2) is 12.1. The number of carbonyl (C=O) groups excluding carboxylic acids is 1. The number of nitrogens with one attached hydrogen (secondary N) is 3. The Morgan fingerprint density at radius 1 is 1.18 bits per heavy atom. The maximum absolute atomic E-state index is 12.6. The van der Waals surface area contributed by atoms with Crippen LogP contribution in [0.25, 0.3) is 0 Å². The molecule has 0 bridgehead atoms. The number of aromatic nitrogens is 3. The zero-order valence-electron chi connectivity index (χ0n) is 20.2. The number of aliphatic carboxylic acids is 1. The molecule has 1 unspecified atom stereocenters. The third-order valence-electron chi connectivity index (χ3n) is 5.87. The number of rotatable bonds is 11. The van der Waals surface area contributed by atoms with Crippen LogP contribution in [0.2, 0.25) is 10.0 Å². The van der Waals surface area contributed by atoms with Crippen molar-refractivity contribution in [1.29, 1.82) is 0 Å². The number of fused-ring (bicyclic) bond motifs is 1. The Morgan fingerprint density at radius 2 is 2.00 bits per heavy atom. The van der Waals surface area contributed by atoms with Crippen molar-refractivity contribution in [2.45, 2.75) is 37.6 Å². The monoisotopic (exact) mass is 580 g/mol. The third kappa shape index (κ3) is 7.44. The molecule has 1 aliphatic heterocycles. The highest BCUT2D eigenvalue weighted by atomic mass is 35.5. The van der Waals surface area contributed by atoms with Crippen LogP contribution < -0.4 is 15.4 Å². The Balaban J connectivity index is 1.30. The number of hydrogen-bond donors (Lipinski definition) is 4. The molecular formula is C24H26Cl2N6O5S. The number of hydrogen-bond acceptors (Lipinski definition) is 7. The Morgan fingerprint density at radius 3 is 2.76 bits per heavy atom. The number of amides is 1. The molecule has 1 aliphatic rings. The zero-order chi connectivity index (χ0) is 27.3. The molecule has 1 amide bonds.